The predicted molar refractivity (Wildman–Crippen MR) is 105 cm³/mol. The van der Waals surface area contributed by atoms with Crippen molar-refractivity contribution in [1.82, 2.24) is 9.21 Å². The molecule has 1 aromatic heterocycles. The summed E-state index contributed by atoms with van der Waals surface area (Å²) in [6, 6.07) is 10.9. The van der Waals surface area contributed by atoms with Crippen LogP contribution >= 0.6 is 11.3 Å². The van der Waals surface area contributed by atoms with Gasteiger partial charge in [-0.2, -0.15) is 4.31 Å². The predicted octanol–water partition coefficient (Wildman–Crippen LogP) is 2.82. The Balaban J connectivity index is 1.69. The van der Waals surface area contributed by atoms with Gasteiger partial charge in [0, 0.05) is 32.2 Å². The van der Waals surface area contributed by atoms with Gasteiger partial charge in [0.2, 0.25) is 5.91 Å². The van der Waals surface area contributed by atoms with Gasteiger partial charge in [0.1, 0.15) is 9.96 Å². The van der Waals surface area contributed by atoms with Crippen LogP contribution in [-0.2, 0) is 21.4 Å². The molecule has 0 aliphatic carbocycles. The molecule has 1 aliphatic heterocycles. The first-order chi connectivity index (χ1) is 12.9. The highest BCUT2D eigenvalue weighted by Gasteiger charge is 2.34. The fourth-order valence-electron chi connectivity index (χ4n) is 3.38. The van der Waals surface area contributed by atoms with Gasteiger partial charge in [0.25, 0.3) is 10.0 Å². The zero-order chi connectivity index (χ0) is 19.4. The van der Waals surface area contributed by atoms with Crippen molar-refractivity contribution in [3.8, 4) is 5.75 Å². The lowest BCUT2D eigenvalue weighted by Crippen LogP contribution is -2.45. The monoisotopic (exact) mass is 408 g/mol. The molecule has 3 rings (SSSR count). The number of sulfonamides is 1. The largest absolute Gasteiger partial charge is 0.496 e. The molecule has 27 heavy (non-hydrogen) atoms. The highest BCUT2D eigenvalue weighted by atomic mass is 32.2. The smallest absolute Gasteiger partial charge is 0.252 e. The molecule has 0 radical (unpaired) electrons. The van der Waals surface area contributed by atoms with Crippen molar-refractivity contribution in [2.45, 2.75) is 23.6 Å². The first-order valence-electron chi connectivity index (χ1n) is 8.84. The van der Waals surface area contributed by atoms with Crippen LogP contribution in [0.15, 0.2) is 46.0 Å². The fraction of sp³-hybridized carbons (Fsp3) is 0.421. The van der Waals surface area contributed by atoms with Gasteiger partial charge in [-0.05, 0) is 30.4 Å². The van der Waals surface area contributed by atoms with E-state index >= 15 is 0 Å². The number of hydrogen-bond acceptors (Lipinski definition) is 5. The van der Waals surface area contributed by atoms with Crippen LogP contribution in [0.25, 0.3) is 0 Å². The van der Waals surface area contributed by atoms with E-state index < -0.39 is 10.0 Å². The molecule has 1 amide bonds. The van der Waals surface area contributed by atoms with Crippen molar-refractivity contribution in [2.75, 3.05) is 27.2 Å². The van der Waals surface area contributed by atoms with E-state index in [2.05, 4.69) is 0 Å². The average molecular weight is 409 g/mol. The summed E-state index contributed by atoms with van der Waals surface area (Å²) in [4.78, 5) is 14.6. The lowest BCUT2D eigenvalue weighted by atomic mass is 9.98. The molecule has 0 unspecified atom stereocenters. The molecule has 8 heteroatoms. The van der Waals surface area contributed by atoms with Crippen molar-refractivity contribution >= 4 is 27.3 Å². The van der Waals surface area contributed by atoms with Gasteiger partial charge in [-0.15, -0.1) is 11.3 Å². The number of hydrogen-bond donors (Lipinski definition) is 0. The summed E-state index contributed by atoms with van der Waals surface area (Å²) in [5, 5.41) is 1.75. The lowest BCUT2D eigenvalue weighted by Gasteiger charge is -2.33. The van der Waals surface area contributed by atoms with E-state index in [1.165, 1.54) is 15.6 Å². The highest BCUT2D eigenvalue weighted by Crippen LogP contribution is 2.28. The van der Waals surface area contributed by atoms with Gasteiger partial charge in [-0.3, -0.25) is 4.79 Å². The van der Waals surface area contributed by atoms with Gasteiger partial charge < -0.3 is 9.64 Å². The van der Waals surface area contributed by atoms with E-state index in [4.69, 9.17) is 4.74 Å². The summed E-state index contributed by atoms with van der Waals surface area (Å²) in [5.74, 6) is 0.378. The number of piperidine rings is 1. The van der Waals surface area contributed by atoms with Crippen LogP contribution < -0.4 is 4.74 Å². The van der Waals surface area contributed by atoms with Gasteiger partial charge in [0.05, 0.1) is 13.0 Å². The van der Waals surface area contributed by atoms with Crippen molar-refractivity contribution in [3.05, 3.63) is 47.3 Å². The second-order valence-electron chi connectivity index (χ2n) is 6.64. The van der Waals surface area contributed by atoms with Crippen molar-refractivity contribution in [1.29, 1.82) is 0 Å². The number of para-hydroxylation sites is 1. The minimum atomic E-state index is -3.52. The van der Waals surface area contributed by atoms with Crippen LogP contribution in [0.3, 0.4) is 0 Å². The summed E-state index contributed by atoms with van der Waals surface area (Å²) in [6.07, 6.45) is 1.38. The number of methoxy groups -OCH3 is 1. The van der Waals surface area contributed by atoms with E-state index in [1.54, 1.807) is 36.6 Å². The summed E-state index contributed by atoms with van der Waals surface area (Å²) >= 11 is 1.21. The third-order valence-electron chi connectivity index (χ3n) is 4.80. The Hall–Kier alpha value is -1.90. The number of carbonyl (C=O) groups excluding carboxylic acids is 1. The third kappa shape index (κ3) is 4.34. The number of ether oxygens (including phenoxy) is 1. The minimum Gasteiger partial charge on any atom is -0.496 e. The molecule has 1 atom stereocenters. The number of amides is 1. The second kappa shape index (κ2) is 8.41. The Labute approximate surface area is 164 Å². The number of rotatable bonds is 6. The Bertz CT molecular complexity index is 881. The van der Waals surface area contributed by atoms with Gasteiger partial charge in [0.15, 0.2) is 0 Å². The Morgan fingerprint density at radius 2 is 2.07 bits per heavy atom. The molecule has 1 aromatic carbocycles. The van der Waals surface area contributed by atoms with Gasteiger partial charge in [-0.25, -0.2) is 8.42 Å². The van der Waals surface area contributed by atoms with Crippen LogP contribution in [0.1, 0.15) is 18.4 Å². The maximum absolute atomic E-state index is 12.9. The fourth-order valence-corrected chi connectivity index (χ4v) is 6.05. The summed E-state index contributed by atoms with van der Waals surface area (Å²) in [7, 11) is -0.162. The zero-order valence-electron chi connectivity index (χ0n) is 15.5. The Morgan fingerprint density at radius 3 is 2.78 bits per heavy atom. The molecule has 6 nitrogen and oxygen atoms in total. The second-order valence-corrected chi connectivity index (χ2v) is 9.75. The molecule has 1 saturated heterocycles. The van der Waals surface area contributed by atoms with Crippen LogP contribution in [0.4, 0.5) is 0 Å². The quantitative estimate of drug-likeness (QED) is 0.737. The molecule has 146 valence electrons. The summed E-state index contributed by atoms with van der Waals surface area (Å²) in [5.41, 5.74) is 0.926. The topological polar surface area (TPSA) is 66.9 Å². The molecular weight excluding hydrogens is 384 g/mol. The average Bonchev–Trinajstić information content (AvgIpc) is 3.23. The molecule has 1 aliphatic rings. The minimum absolute atomic E-state index is 0.0352. The molecule has 0 bridgehead atoms. The first-order valence-corrected chi connectivity index (χ1v) is 11.2. The van der Waals surface area contributed by atoms with Crippen molar-refractivity contribution in [2.24, 2.45) is 5.92 Å². The number of carbonyl (C=O) groups is 1. The standard InChI is InChI=1S/C19H24N2O4S2/c1-20(13-15-7-3-4-9-17(15)25-2)19(22)16-8-5-11-21(14-16)27(23,24)18-10-6-12-26-18/h3-4,6-7,9-10,12,16H,5,8,11,13-14H2,1-2H3/t16-/m1/s1. The van der Waals surface area contributed by atoms with Gasteiger partial charge in [-0.1, -0.05) is 24.3 Å². The molecule has 0 spiro atoms. The Kier molecular flexibility index (Phi) is 6.18. The van der Waals surface area contributed by atoms with E-state index in [0.29, 0.717) is 30.1 Å². The zero-order valence-corrected chi connectivity index (χ0v) is 17.1. The lowest BCUT2D eigenvalue weighted by molar-refractivity contribution is -0.135. The summed E-state index contributed by atoms with van der Waals surface area (Å²) in [6.45, 7) is 1.12. The number of nitrogens with zero attached hydrogens (tertiary/aromatic N) is 2. The third-order valence-corrected chi connectivity index (χ3v) is 8.04. The number of benzene rings is 1. The Morgan fingerprint density at radius 1 is 1.30 bits per heavy atom. The van der Waals surface area contributed by atoms with E-state index in [0.717, 1.165) is 11.3 Å². The maximum Gasteiger partial charge on any atom is 0.252 e. The van der Waals surface area contributed by atoms with Crippen LogP contribution in [0.5, 0.6) is 5.75 Å². The molecule has 0 N–H and O–H groups in total. The molecule has 0 saturated carbocycles. The molecule has 2 aromatic rings. The van der Waals surface area contributed by atoms with E-state index in [9.17, 15) is 13.2 Å². The van der Waals surface area contributed by atoms with E-state index in [1.807, 2.05) is 24.3 Å². The highest BCUT2D eigenvalue weighted by molar-refractivity contribution is 7.91. The van der Waals surface area contributed by atoms with Crippen LogP contribution in [0.2, 0.25) is 0 Å². The van der Waals surface area contributed by atoms with Crippen molar-refractivity contribution in [3.63, 3.8) is 0 Å². The van der Waals surface area contributed by atoms with Crippen molar-refractivity contribution < 1.29 is 17.9 Å². The van der Waals surface area contributed by atoms with Gasteiger partial charge >= 0.3 is 0 Å². The van der Waals surface area contributed by atoms with Crippen LogP contribution in [0, 0.1) is 5.92 Å². The molecule has 2 heterocycles. The number of thiophene rings is 1. The molecule has 1 fully saturated rings. The maximum atomic E-state index is 12.9. The summed E-state index contributed by atoms with van der Waals surface area (Å²) < 4.78 is 32.6. The first kappa shape index (κ1) is 19.9. The molecular formula is C19H24N2O4S2. The van der Waals surface area contributed by atoms with E-state index in [-0.39, 0.29) is 18.4 Å². The normalized spacial score (nSPS) is 18.2. The SMILES string of the molecule is COc1ccccc1CN(C)C(=O)[C@@H]1CCCN(S(=O)(=O)c2cccs2)C1. The van der Waals surface area contributed by atoms with Crippen LogP contribution in [-0.4, -0.2) is 50.8 Å².